The Hall–Kier alpha value is -2.41. The van der Waals surface area contributed by atoms with Gasteiger partial charge in [0.1, 0.15) is 17.7 Å². The van der Waals surface area contributed by atoms with Crippen molar-refractivity contribution in [2.45, 2.75) is 51.6 Å². The van der Waals surface area contributed by atoms with Crippen molar-refractivity contribution in [3.63, 3.8) is 0 Å². The Bertz CT molecular complexity index is 863. The topological polar surface area (TPSA) is 49.4 Å². The molecule has 0 heterocycles. The second-order valence-corrected chi connectivity index (χ2v) is 8.18. The van der Waals surface area contributed by atoms with Gasteiger partial charge < -0.3 is 10.2 Å². The molecule has 0 spiro atoms. The standard InChI is InChI=1S/C23H28F2N2O2S/c1-4-16(2)26-23(29)17(3)27(13-18-9-5-7-11-20(18)24)22(28)15-30-14-19-10-6-8-12-21(19)25/h5-12,16-17H,4,13-15H2,1-3H3,(H,26,29)/t16-,17-/m0/s1. The summed E-state index contributed by atoms with van der Waals surface area (Å²) < 4.78 is 28.0. The quantitative estimate of drug-likeness (QED) is 0.598. The molecule has 7 heteroatoms. The number of benzene rings is 2. The van der Waals surface area contributed by atoms with Crippen molar-refractivity contribution in [3.05, 3.63) is 71.3 Å². The smallest absolute Gasteiger partial charge is 0.242 e. The third kappa shape index (κ3) is 6.83. The summed E-state index contributed by atoms with van der Waals surface area (Å²) in [6, 6.07) is 11.8. The lowest BCUT2D eigenvalue weighted by Gasteiger charge is -2.29. The van der Waals surface area contributed by atoms with E-state index < -0.39 is 11.9 Å². The highest BCUT2D eigenvalue weighted by Crippen LogP contribution is 2.18. The Morgan fingerprint density at radius 3 is 2.13 bits per heavy atom. The van der Waals surface area contributed by atoms with Crippen LogP contribution in [0.15, 0.2) is 48.5 Å². The molecule has 1 N–H and O–H groups in total. The van der Waals surface area contributed by atoms with Crippen molar-refractivity contribution in [1.29, 1.82) is 0 Å². The average Bonchev–Trinajstić information content (AvgIpc) is 2.73. The van der Waals surface area contributed by atoms with E-state index in [1.165, 1.54) is 28.8 Å². The molecule has 0 saturated heterocycles. The predicted octanol–water partition coefficient (Wildman–Crippen LogP) is 4.53. The van der Waals surface area contributed by atoms with Gasteiger partial charge in [-0.1, -0.05) is 43.3 Å². The minimum Gasteiger partial charge on any atom is -0.352 e. The Balaban J connectivity index is 2.10. The molecule has 2 atom stereocenters. The van der Waals surface area contributed by atoms with Gasteiger partial charge in [0.25, 0.3) is 0 Å². The van der Waals surface area contributed by atoms with Crippen LogP contribution in [-0.2, 0) is 21.9 Å². The highest BCUT2D eigenvalue weighted by molar-refractivity contribution is 7.99. The van der Waals surface area contributed by atoms with Crippen LogP contribution in [0.3, 0.4) is 0 Å². The van der Waals surface area contributed by atoms with Gasteiger partial charge in [-0.2, -0.15) is 0 Å². The van der Waals surface area contributed by atoms with E-state index in [0.29, 0.717) is 16.9 Å². The van der Waals surface area contributed by atoms with Crippen LogP contribution in [0.1, 0.15) is 38.3 Å². The van der Waals surface area contributed by atoms with E-state index in [1.54, 1.807) is 43.3 Å². The van der Waals surface area contributed by atoms with Crippen molar-refractivity contribution in [2.75, 3.05) is 5.75 Å². The molecule has 0 fully saturated rings. The zero-order chi connectivity index (χ0) is 22.1. The van der Waals surface area contributed by atoms with Gasteiger partial charge in [0.15, 0.2) is 0 Å². The Labute approximate surface area is 181 Å². The molecule has 0 bridgehead atoms. The number of carbonyl (C=O) groups excluding carboxylic acids is 2. The van der Waals surface area contributed by atoms with Crippen molar-refractivity contribution < 1.29 is 18.4 Å². The van der Waals surface area contributed by atoms with Crippen LogP contribution in [-0.4, -0.2) is 34.6 Å². The molecule has 0 aliphatic heterocycles. The minimum atomic E-state index is -0.764. The third-order valence-electron chi connectivity index (χ3n) is 4.91. The summed E-state index contributed by atoms with van der Waals surface area (Å²) in [4.78, 5) is 26.9. The van der Waals surface area contributed by atoms with E-state index in [9.17, 15) is 18.4 Å². The van der Waals surface area contributed by atoms with Gasteiger partial charge in [-0.15, -0.1) is 11.8 Å². The second-order valence-electron chi connectivity index (χ2n) is 7.19. The van der Waals surface area contributed by atoms with Crippen LogP contribution in [0.4, 0.5) is 8.78 Å². The molecule has 0 radical (unpaired) electrons. The number of hydrogen-bond donors (Lipinski definition) is 1. The first-order valence-electron chi connectivity index (χ1n) is 9.97. The van der Waals surface area contributed by atoms with Gasteiger partial charge in [-0.05, 0) is 38.0 Å². The van der Waals surface area contributed by atoms with E-state index in [0.717, 1.165) is 6.42 Å². The first-order chi connectivity index (χ1) is 14.3. The first kappa shape index (κ1) is 23.9. The van der Waals surface area contributed by atoms with Crippen LogP contribution >= 0.6 is 11.8 Å². The summed E-state index contributed by atoms with van der Waals surface area (Å²) in [6.45, 7) is 5.47. The predicted molar refractivity (Wildman–Crippen MR) is 117 cm³/mol. The van der Waals surface area contributed by atoms with Crippen molar-refractivity contribution >= 4 is 23.6 Å². The zero-order valence-electron chi connectivity index (χ0n) is 17.5. The summed E-state index contributed by atoms with van der Waals surface area (Å²) in [5, 5.41) is 2.87. The lowest BCUT2D eigenvalue weighted by atomic mass is 10.1. The molecule has 2 amide bonds. The summed E-state index contributed by atoms with van der Waals surface area (Å²) >= 11 is 1.26. The summed E-state index contributed by atoms with van der Waals surface area (Å²) in [7, 11) is 0. The lowest BCUT2D eigenvalue weighted by Crippen LogP contribution is -2.50. The molecule has 0 aliphatic rings. The average molecular weight is 435 g/mol. The van der Waals surface area contributed by atoms with E-state index in [2.05, 4.69) is 5.32 Å². The molecule has 4 nitrogen and oxygen atoms in total. The van der Waals surface area contributed by atoms with E-state index in [4.69, 9.17) is 0 Å². The number of nitrogens with one attached hydrogen (secondary N) is 1. The monoisotopic (exact) mass is 434 g/mol. The fraction of sp³-hybridized carbons (Fsp3) is 0.391. The summed E-state index contributed by atoms with van der Waals surface area (Å²) in [6.07, 6.45) is 0.762. The van der Waals surface area contributed by atoms with Gasteiger partial charge in [0, 0.05) is 23.9 Å². The van der Waals surface area contributed by atoms with Crippen LogP contribution < -0.4 is 5.32 Å². The Morgan fingerprint density at radius 1 is 1.00 bits per heavy atom. The van der Waals surface area contributed by atoms with E-state index >= 15 is 0 Å². The fourth-order valence-corrected chi connectivity index (χ4v) is 3.70. The van der Waals surface area contributed by atoms with Crippen LogP contribution in [0.5, 0.6) is 0 Å². The zero-order valence-corrected chi connectivity index (χ0v) is 18.3. The Morgan fingerprint density at radius 2 is 1.57 bits per heavy atom. The molecule has 2 rings (SSSR count). The molecular weight excluding hydrogens is 406 g/mol. The molecule has 0 unspecified atom stereocenters. The number of thioether (sulfide) groups is 1. The number of amides is 2. The van der Waals surface area contributed by atoms with Gasteiger partial charge >= 0.3 is 0 Å². The number of halogens is 2. The van der Waals surface area contributed by atoms with Gasteiger partial charge in [-0.25, -0.2) is 8.78 Å². The van der Waals surface area contributed by atoms with Crippen molar-refractivity contribution in [2.24, 2.45) is 0 Å². The van der Waals surface area contributed by atoms with E-state index in [1.807, 2.05) is 13.8 Å². The van der Waals surface area contributed by atoms with Crippen molar-refractivity contribution in [3.8, 4) is 0 Å². The number of carbonyl (C=O) groups is 2. The van der Waals surface area contributed by atoms with Crippen LogP contribution in [0.2, 0.25) is 0 Å². The minimum absolute atomic E-state index is 0.0130. The maximum Gasteiger partial charge on any atom is 0.242 e. The van der Waals surface area contributed by atoms with Gasteiger partial charge in [0.2, 0.25) is 11.8 Å². The SMILES string of the molecule is CC[C@H](C)NC(=O)[C@H](C)N(Cc1ccccc1F)C(=O)CSCc1ccccc1F. The van der Waals surface area contributed by atoms with Crippen LogP contribution in [0.25, 0.3) is 0 Å². The number of hydrogen-bond acceptors (Lipinski definition) is 3. The highest BCUT2D eigenvalue weighted by atomic mass is 32.2. The summed E-state index contributed by atoms with van der Waals surface area (Å²) in [5.41, 5.74) is 0.853. The molecule has 0 saturated carbocycles. The molecule has 0 aromatic heterocycles. The largest absolute Gasteiger partial charge is 0.352 e. The molecule has 0 aliphatic carbocycles. The molecule has 2 aromatic rings. The maximum atomic E-state index is 14.2. The van der Waals surface area contributed by atoms with Gasteiger partial charge in [0.05, 0.1) is 5.75 Å². The second kappa shape index (κ2) is 11.7. The molecule has 162 valence electrons. The normalized spacial score (nSPS) is 12.8. The number of rotatable bonds is 10. The fourth-order valence-electron chi connectivity index (χ4n) is 2.80. The van der Waals surface area contributed by atoms with E-state index in [-0.39, 0.29) is 36.0 Å². The molecular formula is C23H28F2N2O2S. The molecule has 30 heavy (non-hydrogen) atoms. The third-order valence-corrected chi connectivity index (χ3v) is 5.87. The number of nitrogens with zero attached hydrogens (tertiary/aromatic N) is 1. The first-order valence-corrected chi connectivity index (χ1v) is 11.1. The summed E-state index contributed by atoms with van der Waals surface area (Å²) in [5.74, 6) is -0.936. The van der Waals surface area contributed by atoms with Crippen molar-refractivity contribution in [1.82, 2.24) is 10.2 Å². The van der Waals surface area contributed by atoms with Crippen LogP contribution in [0, 0.1) is 11.6 Å². The highest BCUT2D eigenvalue weighted by Gasteiger charge is 2.27. The van der Waals surface area contributed by atoms with Gasteiger partial charge in [-0.3, -0.25) is 9.59 Å². The lowest BCUT2D eigenvalue weighted by molar-refractivity contribution is -0.139. The molecule has 2 aromatic carbocycles. The Kier molecular flexibility index (Phi) is 9.30. The maximum absolute atomic E-state index is 14.2.